The van der Waals surface area contributed by atoms with Crippen molar-refractivity contribution in [3.05, 3.63) is 123 Å². The molecule has 3 amide bonds. The Kier molecular flexibility index (Phi) is 9.87. The van der Waals surface area contributed by atoms with Gasteiger partial charge in [0.25, 0.3) is 11.8 Å². The summed E-state index contributed by atoms with van der Waals surface area (Å²) in [5.74, 6) is 5.07. The van der Waals surface area contributed by atoms with E-state index in [2.05, 4.69) is 27.6 Å². The summed E-state index contributed by atoms with van der Waals surface area (Å²) >= 11 is 7.42. The van der Waals surface area contributed by atoms with Crippen LogP contribution in [0.25, 0.3) is 11.3 Å². The van der Waals surface area contributed by atoms with Crippen LogP contribution in [0.5, 0.6) is 5.75 Å². The van der Waals surface area contributed by atoms with Crippen molar-refractivity contribution >= 4 is 46.3 Å². The van der Waals surface area contributed by atoms with E-state index in [0.29, 0.717) is 43.5 Å². The molecule has 0 bridgehead atoms. The van der Waals surface area contributed by atoms with Crippen molar-refractivity contribution < 1.29 is 24.2 Å². The number of carbonyl (C=O) groups is 3. The number of halogens is 1. The van der Waals surface area contributed by atoms with Gasteiger partial charge in [-0.05, 0) is 59.5 Å². The fourth-order valence-electron chi connectivity index (χ4n) is 5.27. The first-order valence-electron chi connectivity index (χ1n) is 15.0. The molecule has 0 saturated carbocycles. The minimum absolute atomic E-state index is 0.0110. The molecule has 1 aliphatic heterocycles. The van der Waals surface area contributed by atoms with Gasteiger partial charge in [0, 0.05) is 41.6 Å². The van der Waals surface area contributed by atoms with Gasteiger partial charge in [0.2, 0.25) is 5.91 Å². The molecule has 0 spiro atoms. The second-order valence-electron chi connectivity index (χ2n) is 11.0. The number of hydrogen-bond donors (Lipinski definition) is 3. The van der Waals surface area contributed by atoms with E-state index >= 15 is 0 Å². The molecule has 5 aromatic rings. The summed E-state index contributed by atoms with van der Waals surface area (Å²) in [5.41, 5.74) is 3.39. The zero-order valence-electron chi connectivity index (χ0n) is 25.7. The van der Waals surface area contributed by atoms with Crippen LogP contribution in [0.15, 0.2) is 96.5 Å². The molecule has 3 heterocycles. The van der Waals surface area contributed by atoms with Crippen molar-refractivity contribution in [3.63, 3.8) is 0 Å². The molecule has 2 atom stereocenters. The average Bonchev–Trinajstić information content (AvgIpc) is 3.78. The van der Waals surface area contributed by atoms with Crippen LogP contribution in [0.3, 0.4) is 0 Å². The molecule has 2 aromatic heterocycles. The van der Waals surface area contributed by atoms with Gasteiger partial charge in [0.05, 0.1) is 23.7 Å². The summed E-state index contributed by atoms with van der Waals surface area (Å²) in [4.78, 5) is 42.5. The third kappa shape index (κ3) is 7.42. The van der Waals surface area contributed by atoms with Gasteiger partial charge in [-0.2, -0.15) is 5.10 Å². The zero-order valence-corrected chi connectivity index (χ0v) is 27.3. The summed E-state index contributed by atoms with van der Waals surface area (Å²) in [7, 11) is 1.77. The standard InChI is InChI=1S/C36H30ClN5O5S/c1-41-21-25(32(40-41)28-20-26(37)13-16-30(28)43)12-9-23-10-14-27(15-11-23)38-34(44)29-22-47-18-17-42(29)36(46)33(24-6-3-2-4-7-24)39-35(45)31-8-5-19-48-31/h2-8,10-11,13-16,19-21,29,33,43H,17-18,22H2,1H3,(H,38,44)(H,39,45)/t29-,33+/m0/s1. The number of nitrogens with zero attached hydrogens (tertiary/aromatic N) is 3. The van der Waals surface area contributed by atoms with Crippen LogP contribution in [-0.2, 0) is 21.4 Å². The maximum atomic E-state index is 14.0. The van der Waals surface area contributed by atoms with Crippen LogP contribution in [0.2, 0.25) is 5.02 Å². The molecule has 242 valence electrons. The van der Waals surface area contributed by atoms with Gasteiger partial charge in [-0.25, -0.2) is 0 Å². The second-order valence-corrected chi connectivity index (χ2v) is 12.3. The van der Waals surface area contributed by atoms with E-state index in [0.717, 1.165) is 0 Å². The van der Waals surface area contributed by atoms with Crippen LogP contribution in [0.1, 0.15) is 32.4 Å². The lowest BCUT2D eigenvalue weighted by Gasteiger charge is -2.37. The molecule has 12 heteroatoms. The minimum atomic E-state index is -0.991. The van der Waals surface area contributed by atoms with Crippen LogP contribution in [0, 0.1) is 11.8 Å². The van der Waals surface area contributed by atoms with Crippen molar-refractivity contribution in [2.24, 2.45) is 7.05 Å². The molecule has 3 aromatic carbocycles. The molecule has 3 N–H and O–H groups in total. The first-order chi connectivity index (χ1) is 23.3. The molecular formula is C36H30ClN5O5S. The lowest BCUT2D eigenvalue weighted by atomic mass is 10.0. The lowest BCUT2D eigenvalue weighted by Crippen LogP contribution is -2.57. The zero-order chi connectivity index (χ0) is 33.6. The number of anilines is 1. The molecule has 6 rings (SSSR count). The second kappa shape index (κ2) is 14.6. The summed E-state index contributed by atoms with van der Waals surface area (Å²) < 4.78 is 7.22. The number of thiophene rings is 1. The van der Waals surface area contributed by atoms with Gasteiger partial charge in [-0.1, -0.05) is 59.8 Å². The van der Waals surface area contributed by atoms with Gasteiger partial charge in [0.15, 0.2) is 0 Å². The van der Waals surface area contributed by atoms with Crippen LogP contribution >= 0.6 is 22.9 Å². The number of carbonyl (C=O) groups excluding carboxylic acids is 3. The highest BCUT2D eigenvalue weighted by molar-refractivity contribution is 7.12. The van der Waals surface area contributed by atoms with E-state index in [4.69, 9.17) is 16.3 Å². The number of aromatic hydroxyl groups is 1. The van der Waals surface area contributed by atoms with E-state index in [1.54, 1.807) is 96.1 Å². The Balaban J connectivity index is 1.16. The Labute approximate surface area is 285 Å². The number of aryl methyl sites for hydroxylation is 1. The van der Waals surface area contributed by atoms with Crippen LogP contribution in [0.4, 0.5) is 5.69 Å². The topological polar surface area (TPSA) is 126 Å². The third-order valence-corrected chi connectivity index (χ3v) is 8.75. The number of phenols is 1. The molecule has 0 aliphatic carbocycles. The van der Waals surface area contributed by atoms with Crippen LogP contribution in [-0.4, -0.2) is 63.3 Å². The number of ether oxygens (including phenoxy) is 1. The monoisotopic (exact) mass is 679 g/mol. The van der Waals surface area contributed by atoms with Gasteiger partial charge >= 0.3 is 0 Å². The predicted octanol–water partition coefficient (Wildman–Crippen LogP) is 5.24. The lowest BCUT2D eigenvalue weighted by molar-refractivity contribution is -0.148. The van der Waals surface area contributed by atoms with Gasteiger partial charge in [-0.3, -0.25) is 19.1 Å². The molecule has 0 radical (unpaired) electrons. The normalized spacial score (nSPS) is 14.8. The number of phenolic OH excluding ortho intramolecular Hbond substituents is 1. The number of hydrogen-bond acceptors (Lipinski definition) is 7. The van der Waals surface area contributed by atoms with Crippen molar-refractivity contribution in [1.82, 2.24) is 20.0 Å². The van der Waals surface area contributed by atoms with E-state index < -0.39 is 23.9 Å². The fourth-order valence-corrected chi connectivity index (χ4v) is 6.07. The number of benzene rings is 3. The van der Waals surface area contributed by atoms with Gasteiger partial charge in [0.1, 0.15) is 23.5 Å². The molecule has 1 aliphatic rings. The molecule has 1 saturated heterocycles. The van der Waals surface area contributed by atoms with E-state index in [1.165, 1.54) is 22.3 Å². The average molecular weight is 680 g/mol. The molecule has 1 fully saturated rings. The first-order valence-corrected chi connectivity index (χ1v) is 16.3. The summed E-state index contributed by atoms with van der Waals surface area (Å²) in [5, 5.41) is 22.8. The molecule has 0 unspecified atom stereocenters. The summed E-state index contributed by atoms with van der Waals surface area (Å²) in [6.45, 7) is 0.461. The highest BCUT2D eigenvalue weighted by Crippen LogP contribution is 2.32. The maximum absolute atomic E-state index is 14.0. The number of rotatable bonds is 7. The Morgan fingerprint density at radius 3 is 2.58 bits per heavy atom. The quantitative estimate of drug-likeness (QED) is 0.202. The van der Waals surface area contributed by atoms with Gasteiger partial charge in [-0.15, -0.1) is 11.3 Å². The molecular weight excluding hydrogens is 650 g/mol. The Hall–Kier alpha value is -5.41. The van der Waals surface area contributed by atoms with E-state index in [1.807, 2.05) is 6.07 Å². The highest BCUT2D eigenvalue weighted by Gasteiger charge is 2.37. The maximum Gasteiger partial charge on any atom is 0.262 e. The van der Waals surface area contributed by atoms with Crippen molar-refractivity contribution in [3.8, 4) is 28.8 Å². The first kappa shape index (κ1) is 32.5. The number of morpholine rings is 1. The molecule has 48 heavy (non-hydrogen) atoms. The van der Waals surface area contributed by atoms with Gasteiger partial charge < -0.3 is 25.4 Å². The minimum Gasteiger partial charge on any atom is -0.507 e. The van der Waals surface area contributed by atoms with Crippen molar-refractivity contribution in [2.75, 3.05) is 25.1 Å². The van der Waals surface area contributed by atoms with E-state index in [9.17, 15) is 19.5 Å². The van der Waals surface area contributed by atoms with Crippen molar-refractivity contribution in [1.29, 1.82) is 0 Å². The summed E-state index contributed by atoms with van der Waals surface area (Å²) in [6, 6.07) is 22.2. The number of aromatic nitrogens is 2. The Bertz CT molecular complexity index is 2000. The fraction of sp³-hybridized carbons (Fsp3) is 0.167. The molecule has 10 nitrogen and oxygen atoms in total. The largest absolute Gasteiger partial charge is 0.507 e. The predicted molar refractivity (Wildman–Crippen MR) is 184 cm³/mol. The van der Waals surface area contributed by atoms with Crippen LogP contribution < -0.4 is 10.6 Å². The number of nitrogens with one attached hydrogen (secondary N) is 2. The van der Waals surface area contributed by atoms with Crippen molar-refractivity contribution in [2.45, 2.75) is 12.1 Å². The third-order valence-electron chi connectivity index (χ3n) is 7.65. The highest BCUT2D eigenvalue weighted by atomic mass is 35.5. The SMILES string of the molecule is Cn1cc(C#Cc2ccc(NC(=O)[C@@H]3COCCN3C(=O)[C@H](NC(=O)c3cccs3)c3ccccc3)cc2)c(-c2cc(Cl)ccc2O)n1. The van der Waals surface area contributed by atoms with E-state index in [-0.39, 0.29) is 31.4 Å². The smallest absolute Gasteiger partial charge is 0.262 e. The summed E-state index contributed by atoms with van der Waals surface area (Å²) in [6.07, 6.45) is 1.76. The Morgan fingerprint density at radius 2 is 1.83 bits per heavy atom. The Morgan fingerprint density at radius 1 is 1.04 bits per heavy atom. The number of amides is 3.